The normalized spacial score (nSPS) is 14.6. The van der Waals surface area contributed by atoms with E-state index in [0.29, 0.717) is 18.0 Å². The Morgan fingerprint density at radius 1 is 1.12 bits per heavy atom. The Morgan fingerprint density at radius 3 is 2.59 bits per heavy atom. The van der Waals surface area contributed by atoms with Gasteiger partial charge in [-0.3, -0.25) is 14.6 Å². The van der Waals surface area contributed by atoms with Crippen LogP contribution in [-0.4, -0.2) is 69.4 Å². The van der Waals surface area contributed by atoms with Crippen molar-refractivity contribution in [3.8, 4) is 11.5 Å². The number of hydrogen-bond acceptors (Lipinski definition) is 7. The quantitative estimate of drug-likeness (QED) is 0.447. The molecule has 0 bridgehead atoms. The Hall–Kier alpha value is -2.94. The van der Waals surface area contributed by atoms with E-state index < -0.39 is 0 Å². The lowest BCUT2D eigenvalue weighted by Gasteiger charge is -2.28. The molecule has 1 saturated heterocycles. The van der Waals surface area contributed by atoms with Crippen molar-refractivity contribution in [1.82, 2.24) is 9.88 Å². The highest BCUT2D eigenvalue weighted by atomic mass is 32.1. The fraction of sp³-hybridized carbons (Fsp3) is 0.385. The van der Waals surface area contributed by atoms with Crippen LogP contribution in [0.15, 0.2) is 36.4 Å². The van der Waals surface area contributed by atoms with Crippen molar-refractivity contribution in [2.45, 2.75) is 13.8 Å². The van der Waals surface area contributed by atoms with Crippen LogP contribution in [0.2, 0.25) is 0 Å². The standard InChI is InChI=1S/C26H31N3O4S/c1-18-15-21-24(16-19(18)2)34-26(27-21)29(10-9-28-11-13-33-14-12-28)25(30)8-6-20-5-7-22(31-3)23(17-20)32-4/h5-8,15-17H,9-14H2,1-4H3/b8-6+. The summed E-state index contributed by atoms with van der Waals surface area (Å²) in [6, 6.07) is 9.82. The van der Waals surface area contributed by atoms with Gasteiger partial charge in [-0.15, -0.1) is 0 Å². The lowest BCUT2D eigenvalue weighted by molar-refractivity contribution is -0.114. The number of fused-ring (bicyclic) bond motifs is 1. The van der Waals surface area contributed by atoms with Crippen LogP contribution in [0.5, 0.6) is 11.5 Å². The number of amides is 1. The van der Waals surface area contributed by atoms with Gasteiger partial charge >= 0.3 is 0 Å². The third-order valence-electron chi connectivity index (χ3n) is 6.06. The number of ether oxygens (including phenoxy) is 3. The predicted molar refractivity (Wildman–Crippen MR) is 137 cm³/mol. The van der Waals surface area contributed by atoms with Gasteiger partial charge in [-0.25, -0.2) is 4.98 Å². The number of hydrogen-bond donors (Lipinski definition) is 0. The minimum atomic E-state index is -0.101. The molecule has 8 heteroatoms. The van der Waals surface area contributed by atoms with E-state index in [4.69, 9.17) is 19.2 Å². The Balaban J connectivity index is 1.59. The average Bonchev–Trinajstić information content (AvgIpc) is 3.25. The minimum absolute atomic E-state index is 0.101. The van der Waals surface area contributed by atoms with Crippen molar-refractivity contribution in [1.29, 1.82) is 0 Å². The Bertz CT molecular complexity index is 1150. The van der Waals surface area contributed by atoms with Crippen LogP contribution in [0.4, 0.5) is 5.13 Å². The largest absolute Gasteiger partial charge is 0.493 e. The third-order valence-corrected chi connectivity index (χ3v) is 7.10. The number of rotatable bonds is 8. The molecule has 2 heterocycles. The molecule has 2 aromatic carbocycles. The molecule has 34 heavy (non-hydrogen) atoms. The van der Waals surface area contributed by atoms with Crippen molar-refractivity contribution >= 4 is 38.7 Å². The molecule has 0 N–H and O–H groups in total. The van der Waals surface area contributed by atoms with Crippen molar-refractivity contribution < 1.29 is 19.0 Å². The van der Waals surface area contributed by atoms with Crippen molar-refractivity contribution in [3.05, 3.63) is 53.1 Å². The summed E-state index contributed by atoms with van der Waals surface area (Å²) in [7, 11) is 3.20. The Labute approximate surface area is 204 Å². The van der Waals surface area contributed by atoms with E-state index in [-0.39, 0.29) is 5.91 Å². The first kappa shape index (κ1) is 24.2. The van der Waals surface area contributed by atoms with Crippen LogP contribution in [0.3, 0.4) is 0 Å². The monoisotopic (exact) mass is 481 g/mol. The molecule has 0 aliphatic carbocycles. The highest BCUT2D eigenvalue weighted by Gasteiger charge is 2.20. The number of thiazole rings is 1. The molecule has 1 aliphatic rings. The van der Waals surface area contributed by atoms with Gasteiger partial charge in [-0.2, -0.15) is 0 Å². The maximum absolute atomic E-state index is 13.4. The highest BCUT2D eigenvalue weighted by molar-refractivity contribution is 7.22. The topological polar surface area (TPSA) is 64.1 Å². The number of morpholine rings is 1. The van der Waals surface area contributed by atoms with Gasteiger partial charge in [-0.05, 0) is 60.9 Å². The number of aromatic nitrogens is 1. The summed E-state index contributed by atoms with van der Waals surface area (Å²) < 4.78 is 17.2. The molecular formula is C26H31N3O4S. The van der Waals surface area contributed by atoms with E-state index >= 15 is 0 Å². The van der Waals surface area contributed by atoms with E-state index in [0.717, 1.165) is 53.8 Å². The van der Waals surface area contributed by atoms with E-state index in [1.807, 2.05) is 18.2 Å². The van der Waals surface area contributed by atoms with Crippen LogP contribution >= 0.6 is 11.3 Å². The number of anilines is 1. The zero-order chi connectivity index (χ0) is 24.1. The van der Waals surface area contributed by atoms with Gasteiger partial charge in [0, 0.05) is 32.3 Å². The Kier molecular flexibility index (Phi) is 7.82. The smallest absolute Gasteiger partial charge is 0.252 e. The van der Waals surface area contributed by atoms with Crippen LogP contribution in [-0.2, 0) is 9.53 Å². The molecule has 0 spiro atoms. The summed E-state index contributed by atoms with van der Waals surface area (Å²) in [4.78, 5) is 22.3. The first-order chi connectivity index (χ1) is 16.5. The molecule has 4 rings (SSSR count). The highest BCUT2D eigenvalue weighted by Crippen LogP contribution is 2.31. The predicted octanol–water partition coefficient (Wildman–Crippen LogP) is 4.31. The number of nitrogens with zero attached hydrogens (tertiary/aromatic N) is 3. The molecule has 0 atom stereocenters. The second kappa shape index (κ2) is 11.0. The van der Waals surface area contributed by atoms with Crippen LogP contribution in [0.25, 0.3) is 16.3 Å². The molecule has 1 fully saturated rings. The van der Waals surface area contributed by atoms with Gasteiger partial charge in [0.05, 0.1) is 37.6 Å². The maximum Gasteiger partial charge on any atom is 0.252 e. The van der Waals surface area contributed by atoms with Crippen LogP contribution in [0, 0.1) is 13.8 Å². The average molecular weight is 482 g/mol. The van der Waals surface area contributed by atoms with Crippen molar-refractivity contribution in [2.24, 2.45) is 0 Å². The lowest BCUT2D eigenvalue weighted by Crippen LogP contribution is -2.42. The van der Waals surface area contributed by atoms with Crippen LogP contribution in [0.1, 0.15) is 16.7 Å². The molecule has 1 aromatic heterocycles. The van der Waals surface area contributed by atoms with Crippen molar-refractivity contribution in [2.75, 3.05) is 58.5 Å². The Morgan fingerprint density at radius 2 is 1.85 bits per heavy atom. The van der Waals surface area contributed by atoms with E-state index in [1.165, 1.54) is 11.1 Å². The maximum atomic E-state index is 13.4. The summed E-state index contributed by atoms with van der Waals surface area (Å²) >= 11 is 1.56. The fourth-order valence-corrected chi connectivity index (χ4v) is 4.94. The van der Waals surface area contributed by atoms with Crippen molar-refractivity contribution in [3.63, 3.8) is 0 Å². The summed E-state index contributed by atoms with van der Waals surface area (Å²) in [6.07, 6.45) is 3.40. The zero-order valence-corrected chi connectivity index (χ0v) is 21.0. The summed E-state index contributed by atoms with van der Waals surface area (Å²) in [6.45, 7) is 8.73. The van der Waals surface area contributed by atoms with E-state index in [1.54, 1.807) is 42.6 Å². The number of aryl methyl sites for hydroxylation is 2. The second-order valence-electron chi connectivity index (χ2n) is 8.29. The molecule has 0 saturated carbocycles. The second-order valence-corrected chi connectivity index (χ2v) is 9.30. The molecule has 0 unspecified atom stereocenters. The minimum Gasteiger partial charge on any atom is -0.493 e. The molecule has 7 nitrogen and oxygen atoms in total. The SMILES string of the molecule is COc1ccc(/C=C/C(=O)N(CCN2CCOCC2)c2nc3cc(C)c(C)cc3s2)cc1OC. The number of benzene rings is 2. The number of carbonyl (C=O) groups excluding carboxylic acids is 1. The first-order valence-corrected chi connectivity index (χ1v) is 12.2. The fourth-order valence-electron chi connectivity index (χ4n) is 3.86. The summed E-state index contributed by atoms with van der Waals surface area (Å²) in [5.74, 6) is 1.17. The number of carbonyl (C=O) groups is 1. The molecule has 1 aliphatic heterocycles. The van der Waals surface area contributed by atoms with Gasteiger partial charge < -0.3 is 14.2 Å². The summed E-state index contributed by atoms with van der Waals surface area (Å²) in [5.41, 5.74) is 4.21. The third kappa shape index (κ3) is 5.58. The van der Waals surface area contributed by atoms with Gasteiger partial charge in [-0.1, -0.05) is 17.4 Å². The molecular weight excluding hydrogens is 450 g/mol. The van der Waals surface area contributed by atoms with Crippen LogP contribution < -0.4 is 14.4 Å². The summed E-state index contributed by atoms with van der Waals surface area (Å²) in [5, 5.41) is 0.718. The molecule has 3 aromatic rings. The molecule has 0 radical (unpaired) electrons. The molecule has 180 valence electrons. The number of methoxy groups -OCH3 is 2. The van der Waals surface area contributed by atoms with Gasteiger partial charge in [0.15, 0.2) is 16.6 Å². The molecule has 1 amide bonds. The van der Waals surface area contributed by atoms with E-state index in [9.17, 15) is 4.79 Å². The van der Waals surface area contributed by atoms with Gasteiger partial charge in [0.2, 0.25) is 0 Å². The van der Waals surface area contributed by atoms with E-state index in [2.05, 4.69) is 30.9 Å². The lowest BCUT2D eigenvalue weighted by atomic mass is 10.1. The first-order valence-electron chi connectivity index (χ1n) is 11.4. The zero-order valence-electron chi connectivity index (χ0n) is 20.2. The van der Waals surface area contributed by atoms with Gasteiger partial charge in [0.1, 0.15) is 0 Å². The van der Waals surface area contributed by atoms with Gasteiger partial charge in [0.25, 0.3) is 5.91 Å².